The number of methoxy groups -OCH3 is 1. The number of hydrogen-bond acceptors (Lipinski definition) is 4. The summed E-state index contributed by atoms with van der Waals surface area (Å²) in [6.07, 6.45) is 2.65. The van der Waals surface area contributed by atoms with Gasteiger partial charge in [0, 0.05) is 12.6 Å². The summed E-state index contributed by atoms with van der Waals surface area (Å²) >= 11 is 0. The van der Waals surface area contributed by atoms with Crippen molar-refractivity contribution in [3.63, 3.8) is 0 Å². The van der Waals surface area contributed by atoms with E-state index in [9.17, 15) is 0 Å². The molecule has 4 nitrogen and oxygen atoms in total. The van der Waals surface area contributed by atoms with E-state index in [1.807, 2.05) is 18.2 Å². The number of nitrogens with one attached hydrogen (secondary N) is 1. The molecule has 3 N–H and O–H groups in total. The van der Waals surface area contributed by atoms with Crippen LogP contribution in [0.4, 0.5) is 11.4 Å². The smallest absolute Gasteiger partial charge is 0.143 e. The molecule has 1 fully saturated rings. The van der Waals surface area contributed by atoms with Gasteiger partial charge in [0.1, 0.15) is 5.75 Å². The molecule has 1 unspecified atom stereocenters. The number of rotatable bonds is 5. The second kappa shape index (κ2) is 5.96. The quantitative estimate of drug-likeness (QED) is 0.785. The number of para-hydroxylation sites is 1. The summed E-state index contributed by atoms with van der Waals surface area (Å²) in [7, 11) is 1.64. The van der Waals surface area contributed by atoms with E-state index >= 15 is 0 Å². The number of hydrogen-bond donors (Lipinski definition) is 2. The molecule has 100 valence electrons. The Balaban J connectivity index is 1.95. The zero-order chi connectivity index (χ0) is 13.0. The van der Waals surface area contributed by atoms with E-state index in [-0.39, 0.29) is 0 Å². The van der Waals surface area contributed by atoms with Crippen molar-refractivity contribution >= 4 is 11.4 Å². The summed E-state index contributed by atoms with van der Waals surface area (Å²) in [4.78, 5) is 2.49. The van der Waals surface area contributed by atoms with Gasteiger partial charge in [-0.05, 0) is 45.0 Å². The van der Waals surface area contributed by atoms with Gasteiger partial charge >= 0.3 is 0 Å². The Morgan fingerprint density at radius 3 is 2.78 bits per heavy atom. The maximum absolute atomic E-state index is 6.05. The number of nitrogen functional groups attached to an aromatic ring is 1. The van der Waals surface area contributed by atoms with Gasteiger partial charge in [0.15, 0.2) is 0 Å². The highest BCUT2D eigenvalue weighted by Gasteiger charge is 2.15. The fourth-order valence-electron chi connectivity index (χ4n) is 2.51. The fourth-order valence-corrected chi connectivity index (χ4v) is 2.51. The summed E-state index contributed by atoms with van der Waals surface area (Å²) in [6.45, 7) is 5.70. The Hall–Kier alpha value is -1.42. The van der Waals surface area contributed by atoms with Crippen LogP contribution in [0.5, 0.6) is 5.75 Å². The molecular weight excluding hydrogens is 226 g/mol. The highest BCUT2D eigenvalue weighted by atomic mass is 16.5. The molecule has 2 rings (SSSR count). The minimum absolute atomic E-state index is 0.387. The maximum Gasteiger partial charge on any atom is 0.143 e. The molecule has 18 heavy (non-hydrogen) atoms. The maximum atomic E-state index is 6.05. The molecule has 1 saturated heterocycles. The second-order valence-corrected chi connectivity index (χ2v) is 4.97. The third kappa shape index (κ3) is 3.07. The third-order valence-electron chi connectivity index (χ3n) is 3.42. The van der Waals surface area contributed by atoms with Crippen LogP contribution >= 0.6 is 0 Å². The first kappa shape index (κ1) is 13.0. The van der Waals surface area contributed by atoms with Crippen LogP contribution in [0.1, 0.15) is 19.8 Å². The van der Waals surface area contributed by atoms with E-state index in [2.05, 4.69) is 17.1 Å². The van der Waals surface area contributed by atoms with Gasteiger partial charge in [0.05, 0.1) is 18.5 Å². The van der Waals surface area contributed by atoms with Crippen molar-refractivity contribution < 1.29 is 4.74 Å². The van der Waals surface area contributed by atoms with Gasteiger partial charge in [0.25, 0.3) is 0 Å². The van der Waals surface area contributed by atoms with Crippen molar-refractivity contribution in [2.24, 2.45) is 0 Å². The lowest BCUT2D eigenvalue weighted by atomic mass is 10.2. The number of anilines is 2. The van der Waals surface area contributed by atoms with Gasteiger partial charge in [-0.25, -0.2) is 0 Å². The Bertz CT molecular complexity index is 389. The highest BCUT2D eigenvalue weighted by Crippen LogP contribution is 2.29. The van der Waals surface area contributed by atoms with Gasteiger partial charge in [0.2, 0.25) is 0 Å². The van der Waals surface area contributed by atoms with Gasteiger partial charge in [-0.3, -0.25) is 0 Å². The Morgan fingerprint density at radius 2 is 2.11 bits per heavy atom. The molecule has 1 aliphatic heterocycles. The predicted octanol–water partition coefficient (Wildman–Crippen LogP) is 2.17. The molecule has 0 aliphatic carbocycles. The lowest BCUT2D eigenvalue weighted by Gasteiger charge is -2.23. The van der Waals surface area contributed by atoms with Crippen molar-refractivity contribution in [3.05, 3.63) is 18.2 Å². The highest BCUT2D eigenvalue weighted by molar-refractivity contribution is 5.73. The standard InChI is InChI=1S/C14H23N3O/c1-11(10-17-8-3-4-9-17)16-12-6-5-7-13(18-2)14(12)15/h5-7,11,16H,3-4,8-10,15H2,1-2H3. The number of benzene rings is 1. The van der Waals surface area contributed by atoms with E-state index in [1.54, 1.807) is 7.11 Å². The van der Waals surface area contributed by atoms with Gasteiger partial charge in [-0.2, -0.15) is 0 Å². The number of ether oxygens (including phenoxy) is 1. The largest absolute Gasteiger partial charge is 0.495 e. The summed E-state index contributed by atoms with van der Waals surface area (Å²) in [5.74, 6) is 0.730. The molecule has 4 heteroatoms. The molecule has 1 heterocycles. The van der Waals surface area contributed by atoms with Gasteiger partial charge < -0.3 is 20.7 Å². The summed E-state index contributed by atoms with van der Waals surface area (Å²) in [5, 5.41) is 3.47. The molecule has 0 radical (unpaired) electrons. The zero-order valence-electron chi connectivity index (χ0n) is 11.3. The normalized spacial score (nSPS) is 17.7. The van der Waals surface area contributed by atoms with Crippen LogP contribution in [0.2, 0.25) is 0 Å². The Kier molecular flexibility index (Phi) is 4.31. The van der Waals surface area contributed by atoms with Crippen molar-refractivity contribution in [2.75, 3.05) is 37.8 Å². The van der Waals surface area contributed by atoms with Crippen LogP contribution in [-0.2, 0) is 0 Å². The van der Waals surface area contributed by atoms with Gasteiger partial charge in [-0.1, -0.05) is 6.07 Å². The van der Waals surface area contributed by atoms with Crippen molar-refractivity contribution in [2.45, 2.75) is 25.8 Å². The zero-order valence-corrected chi connectivity index (χ0v) is 11.3. The molecular formula is C14H23N3O. The lowest BCUT2D eigenvalue weighted by Crippen LogP contribution is -2.33. The Morgan fingerprint density at radius 1 is 1.39 bits per heavy atom. The second-order valence-electron chi connectivity index (χ2n) is 4.97. The first-order valence-electron chi connectivity index (χ1n) is 6.62. The van der Waals surface area contributed by atoms with E-state index in [1.165, 1.54) is 25.9 Å². The number of nitrogens with zero attached hydrogens (tertiary/aromatic N) is 1. The third-order valence-corrected chi connectivity index (χ3v) is 3.42. The summed E-state index contributed by atoms with van der Waals surface area (Å²) < 4.78 is 5.23. The molecule has 0 bridgehead atoms. The average molecular weight is 249 g/mol. The minimum Gasteiger partial charge on any atom is -0.495 e. The van der Waals surface area contributed by atoms with Gasteiger partial charge in [-0.15, -0.1) is 0 Å². The van der Waals surface area contributed by atoms with Crippen LogP contribution < -0.4 is 15.8 Å². The molecule has 0 saturated carbocycles. The van der Waals surface area contributed by atoms with Crippen molar-refractivity contribution in [3.8, 4) is 5.75 Å². The number of nitrogens with two attached hydrogens (primary N) is 1. The first-order valence-corrected chi connectivity index (χ1v) is 6.62. The Labute approximate surface area is 109 Å². The summed E-state index contributed by atoms with van der Waals surface area (Å²) in [6, 6.07) is 6.22. The SMILES string of the molecule is COc1cccc(NC(C)CN2CCCC2)c1N. The monoisotopic (exact) mass is 249 g/mol. The van der Waals surface area contributed by atoms with Crippen LogP contribution in [0, 0.1) is 0 Å². The average Bonchev–Trinajstić information content (AvgIpc) is 2.84. The predicted molar refractivity (Wildman–Crippen MR) is 76.2 cm³/mol. The molecule has 0 spiro atoms. The van der Waals surface area contributed by atoms with Crippen LogP contribution in [0.25, 0.3) is 0 Å². The molecule has 1 aliphatic rings. The van der Waals surface area contributed by atoms with Crippen LogP contribution in [-0.4, -0.2) is 37.7 Å². The molecule has 0 amide bonds. The van der Waals surface area contributed by atoms with Crippen LogP contribution in [0.3, 0.4) is 0 Å². The van der Waals surface area contributed by atoms with Crippen molar-refractivity contribution in [1.29, 1.82) is 0 Å². The lowest BCUT2D eigenvalue weighted by molar-refractivity contribution is 0.328. The van der Waals surface area contributed by atoms with E-state index < -0.39 is 0 Å². The minimum atomic E-state index is 0.387. The topological polar surface area (TPSA) is 50.5 Å². The number of likely N-dealkylation sites (tertiary alicyclic amines) is 1. The van der Waals surface area contributed by atoms with Crippen LogP contribution in [0.15, 0.2) is 18.2 Å². The van der Waals surface area contributed by atoms with E-state index in [0.29, 0.717) is 11.7 Å². The summed E-state index contributed by atoms with van der Waals surface area (Å²) in [5.41, 5.74) is 7.70. The molecule has 1 aromatic rings. The van der Waals surface area contributed by atoms with E-state index in [0.717, 1.165) is 18.0 Å². The van der Waals surface area contributed by atoms with E-state index in [4.69, 9.17) is 10.5 Å². The molecule has 1 aromatic carbocycles. The molecule has 0 aromatic heterocycles. The molecule has 1 atom stereocenters. The first-order chi connectivity index (χ1) is 8.70. The fraction of sp³-hybridized carbons (Fsp3) is 0.571. The van der Waals surface area contributed by atoms with Crippen molar-refractivity contribution in [1.82, 2.24) is 4.90 Å².